The van der Waals surface area contributed by atoms with Gasteiger partial charge >= 0.3 is 0 Å². The number of hydrogen-bond donors (Lipinski definition) is 1. The van der Waals surface area contributed by atoms with Crippen LogP contribution in [0.5, 0.6) is 0 Å². The molecule has 0 amide bonds. The molecule has 1 heterocycles. The summed E-state index contributed by atoms with van der Waals surface area (Å²) in [7, 11) is 4.48. The molecule has 1 fully saturated rings. The van der Waals surface area contributed by atoms with Crippen molar-refractivity contribution in [3.63, 3.8) is 0 Å². The van der Waals surface area contributed by atoms with Crippen molar-refractivity contribution in [3.8, 4) is 0 Å². The first kappa shape index (κ1) is 13.9. The molecule has 2 atom stereocenters. The van der Waals surface area contributed by atoms with Crippen LogP contribution < -0.4 is 5.73 Å². The van der Waals surface area contributed by atoms with E-state index in [9.17, 15) is 0 Å². The fourth-order valence-corrected chi connectivity index (χ4v) is 2.58. The minimum atomic E-state index is 0.636. The first-order valence-electron chi connectivity index (χ1n) is 6.63. The van der Waals surface area contributed by atoms with Crippen LogP contribution in [0.1, 0.15) is 26.7 Å². The van der Waals surface area contributed by atoms with E-state index in [0.717, 1.165) is 19.1 Å². The van der Waals surface area contributed by atoms with Crippen molar-refractivity contribution in [1.29, 1.82) is 0 Å². The number of likely N-dealkylation sites (N-methyl/N-ethyl adjacent to an activating group) is 2. The van der Waals surface area contributed by atoms with Gasteiger partial charge in [-0.05, 0) is 51.9 Å². The van der Waals surface area contributed by atoms with Gasteiger partial charge in [0.15, 0.2) is 0 Å². The zero-order chi connectivity index (χ0) is 12.1. The molecule has 16 heavy (non-hydrogen) atoms. The SMILES string of the molecule is CC(C)C(CN)CN(C)C1CCCN(C)C1. The quantitative estimate of drug-likeness (QED) is 0.767. The third-order valence-corrected chi connectivity index (χ3v) is 3.99. The van der Waals surface area contributed by atoms with Crippen molar-refractivity contribution >= 4 is 0 Å². The van der Waals surface area contributed by atoms with Crippen LogP contribution in [0, 0.1) is 11.8 Å². The summed E-state index contributed by atoms with van der Waals surface area (Å²) in [5, 5.41) is 0. The Bertz CT molecular complexity index is 194. The van der Waals surface area contributed by atoms with Crippen LogP contribution in [0.3, 0.4) is 0 Å². The predicted molar refractivity (Wildman–Crippen MR) is 70.5 cm³/mol. The molecule has 0 aliphatic carbocycles. The Morgan fingerprint density at radius 1 is 1.44 bits per heavy atom. The van der Waals surface area contributed by atoms with E-state index in [2.05, 4.69) is 37.7 Å². The molecule has 1 saturated heterocycles. The highest BCUT2D eigenvalue weighted by molar-refractivity contribution is 4.79. The number of hydrogen-bond acceptors (Lipinski definition) is 3. The van der Waals surface area contributed by atoms with Crippen LogP contribution in [0.2, 0.25) is 0 Å². The summed E-state index contributed by atoms with van der Waals surface area (Å²) < 4.78 is 0. The molecule has 0 bridgehead atoms. The molecule has 3 nitrogen and oxygen atoms in total. The molecule has 0 radical (unpaired) electrons. The van der Waals surface area contributed by atoms with Gasteiger partial charge in [-0.25, -0.2) is 0 Å². The highest BCUT2D eigenvalue weighted by Crippen LogP contribution is 2.17. The lowest BCUT2D eigenvalue weighted by Crippen LogP contribution is -2.47. The summed E-state index contributed by atoms with van der Waals surface area (Å²) in [6.07, 6.45) is 2.68. The van der Waals surface area contributed by atoms with Gasteiger partial charge < -0.3 is 15.5 Å². The van der Waals surface area contributed by atoms with Gasteiger partial charge in [0, 0.05) is 19.1 Å². The van der Waals surface area contributed by atoms with E-state index >= 15 is 0 Å². The largest absolute Gasteiger partial charge is 0.330 e. The molecule has 2 N–H and O–H groups in total. The number of rotatable bonds is 5. The van der Waals surface area contributed by atoms with Crippen molar-refractivity contribution in [2.75, 3.05) is 40.3 Å². The van der Waals surface area contributed by atoms with Gasteiger partial charge in [-0.1, -0.05) is 13.8 Å². The van der Waals surface area contributed by atoms with E-state index in [4.69, 9.17) is 5.73 Å². The Hall–Kier alpha value is -0.120. The maximum atomic E-state index is 5.84. The first-order valence-corrected chi connectivity index (χ1v) is 6.63. The van der Waals surface area contributed by atoms with Crippen LogP contribution in [0.4, 0.5) is 0 Å². The molecule has 0 saturated carbocycles. The average Bonchev–Trinajstić information content (AvgIpc) is 2.25. The monoisotopic (exact) mass is 227 g/mol. The highest BCUT2D eigenvalue weighted by Gasteiger charge is 2.23. The Morgan fingerprint density at radius 2 is 2.12 bits per heavy atom. The van der Waals surface area contributed by atoms with E-state index < -0.39 is 0 Å². The van der Waals surface area contributed by atoms with Crippen LogP contribution >= 0.6 is 0 Å². The van der Waals surface area contributed by atoms with Gasteiger partial charge in [0.1, 0.15) is 0 Å². The molecule has 2 unspecified atom stereocenters. The summed E-state index contributed by atoms with van der Waals surface area (Å²) in [6.45, 7) is 8.98. The van der Waals surface area contributed by atoms with Crippen LogP contribution in [0.15, 0.2) is 0 Å². The number of nitrogens with zero attached hydrogens (tertiary/aromatic N) is 2. The second-order valence-corrected chi connectivity index (χ2v) is 5.74. The number of piperidine rings is 1. The summed E-state index contributed by atoms with van der Waals surface area (Å²) in [4.78, 5) is 4.96. The topological polar surface area (TPSA) is 32.5 Å². The van der Waals surface area contributed by atoms with Crippen molar-refractivity contribution in [3.05, 3.63) is 0 Å². The lowest BCUT2D eigenvalue weighted by molar-refractivity contribution is 0.112. The summed E-state index contributed by atoms with van der Waals surface area (Å²) in [6, 6.07) is 0.728. The van der Waals surface area contributed by atoms with E-state index in [1.807, 2.05) is 0 Å². The molecule has 1 aliphatic heterocycles. The summed E-state index contributed by atoms with van der Waals surface area (Å²) in [5.74, 6) is 1.33. The summed E-state index contributed by atoms with van der Waals surface area (Å²) in [5.41, 5.74) is 5.84. The average molecular weight is 227 g/mol. The molecule has 0 spiro atoms. The third kappa shape index (κ3) is 4.04. The van der Waals surface area contributed by atoms with Gasteiger partial charge in [-0.2, -0.15) is 0 Å². The minimum absolute atomic E-state index is 0.636. The zero-order valence-electron chi connectivity index (χ0n) is 11.4. The van der Waals surface area contributed by atoms with E-state index in [1.165, 1.54) is 25.9 Å². The Labute approximate surface area is 101 Å². The Morgan fingerprint density at radius 3 is 2.62 bits per heavy atom. The normalized spacial score (nSPS) is 25.3. The van der Waals surface area contributed by atoms with Crippen LogP contribution in [-0.4, -0.2) is 56.1 Å². The molecule has 1 rings (SSSR count). The van der Waals surface area contributed by atoms with Gasteiger partial charge in [-0.15, -0.1) is 0 Å². The Kier molecular flexibility index (Phi) is 5.73. The maximum absolute atomic E-state index is 5.84. The molecular weight excluding hydrogens is 198 g/mol. The van der Waals surface area contributed by atoms with E-state index in [0.29, 0.717) is 11.8 Å². The molecule has 96 valence electrons. The first-order chi connectivity index (χ1) is 7.54. The standard InChI is InChI=1S/C13H29N3/c1-11(2)12(8-14)9-16(4)13-6-5-7-15(3)10-13/h11-13H,5-10,14H2,1-4H3. The van der Waals surface area contributed by atoms with Gasteiger partial charge in [0.05, 0.1) is 0 Å². The molecular formula is C13H29N3. The van der Waals surface area contributed by atoms with E-state index in [-0.39, 0.29) is 0 Å². The molecule has 0 aromatic heterocycles. The molecule has 1 aliphatic rings. The predicted octanol–water partition coefficient (Wildman–Crippen LogP) is 1.24. The van der Waals surface area contributed by atoms with Gasteiger partial charge in [0.25, 0.3) is 0 Å². The molecule has 0 aromatic carbocycles. The van der Waals surface area contributed by atoms with E-state index in [1.54, 1.807) is 0 Å². The molecule has 3 heteroatoms. The lowest BCUT2D eigenvalue weighted by Gasteiger charge is -2.38. The maximum Gasteiger partial charge on any atom is 0.0220 e. The fraction of sp³-hybridized carbons (Fsp3) is 1.00. The van der Waals surface area contributed by atoms with Crippen molar-refractivity contribution < 1.29 is 0 Å². The lowest BCUT2D eigenvalue weighted by atomic mass is 9.94. The van der Waals surface area contributed by atoms with Gasteiger partial charge in [0.2, 0.25) is 0 Å². The Balaban J connectivity index is 2.40. The number of nitrogens with two attached hydrogens (primary N) is 1. The van der Waals surface area contributed by atoms with Crippen molar-refractivity contribution in [2.24, 2.45) is 17.6 Å². The smallest absolute Gasteiger partial charge is 0.0220 e. The van der Waals surface area contributed by atoms with Crippen LogP contribution in [0.25, 0.3) is 0 Å². The van der Waals surface area contributed by atoms with Crippen molar-refractivity contribution in [2.45, 2.75) is 32.7 Å². The zero-order valence-corrected chi connectivity index (χ0v) is 11.4. The second kappa shape index (κ2) is 6.58. The third-order valence-electron chi connectivity index (χ3n) is 3.99. The van der Waals surface area contributed by atoms with Gasteiger partial charge in [-0.3, -0.25) is 0 Å². The van der Waals surface area contributed by atoms with Crippen LogP contribution in [-0.2, 0) is 0 Å². The number of likely N-dealkylation sites (tertiary alicyclic amines) is 1. The minimum Gasteiger partial charge on any atom is -0.330 e. The highest BCUT2D eigenvalue weighted by atomic mass is 15.2. The second-order valence-electron chi connectivity index (χ2n) is 5.74. The fourth-order valence-electron chi connectivity index (χ4n) is 2.58. The van der Waals surface area contributed by atoms with Crippen molar-refractivity contribution in [1.82, 2.24) is 9.80 Å². The summed E-state index contributed by atoms with van der Waals surface area (Å²) >= 11 is 0. The molecule has 0 aromatic rings.